The number of anilines is 1. The molecule has 1 fully saturated rings. The lowest BCUT2D eigenvalue weighted by Crippen LogP contribution is -2.36. The van der Waals surface area contributed by atoms with E-state index in [4.69, 9.17) is 4.74 Å². The fourth-order valence-corrected chi connectivity index (χ4v) is 3.04. The van der Waals surface area contributed by atoms with Crippen molar-refractivity contribution in [2.45, 2.75) is 19.9 Å². The van der Waals surface area contributed by atoms with Crippen LogP contribution in [0.3, 0.4) is 0 Å². The molecule has 0 aliphatic carbocycles. The van der Waals surface area contributed by atoms with Crippen LogP contribution in [0.4, 0.5) is 5.69 Å². The SMILES string of the molecule is CCOc1ccccc1CNC(=O)[C@@H]1CCN(c2ccccc2)C1=O. The number of carbonyl (C=O) groups is 2. The highest BCUT2D eigenvalue weighted by molar-refractivity contribution is 6.09. The zero-order valence-corrected chi connectivity index (χ0v) is 14.3. The number of rotatable bonds is 6. The molecule has 0 spiro atoms. The van der Waals surface area contributed by atoms with Crippen LogP contribution in [0.25, 0.3) is 0 Å². The van der Waals surface area contributed by atoms with Crippen molar-refractivity contribution in [2.24, 2.45) is 5.92 Å². The second-order valence-electron chi connectivity index (χ2n) is 5.93. The minimum Gasteiger partial charge on any atom is -0.494 e. The summed E-state index contributed by atoms with van der Waals surface area (Å²) in [4.78, 5) is 26.7. The molecule has 1 aliphatic heterocycles. The van der Waals surface area contributed by atoms with Crippen LogP contribution in [0.1, 0.15) is 18.9 Å². The summed E-state index contributed by atoms with van der Waals surface area (Å²) in [6.45, 7) is 3.41. The van der Waals surface area contributed by atoms with Crippen molar-refractivity contribution >= 4 is 17.5 Å². The smallest absolute Gasteiger partial charge is 0.239 e. The van der Waals surface area contributed by atoms with Crippen LogP contribution < -0.4 is 15.0 Å². The normalized spacial score (nSPS) is 16.8. The van der Waals surface area contributed by atoms with E-state index in [0.717, 1.165) is 17.0 Å². The van der Waals surface area contributed by atoms with Crippen molar-refractivity contribution in [1.29, 1.82) is 0 Å². The Balaban J connectivity index is 1.62. The number of nitrogens with zero attached hydrogens (tertiary/aromatic N) is 1. The largest absolute Gasteiger partial charge is 0.494 e. The van der Waals surface area contributed by atoms with Crippen molar-refractivity contribution in [1.82, 2.24) is 5.32 Å². The van der Waals surface area contributed by atoms with E-state index in [2.05, 4.69) is 5.32 Å². The first-order valence-electron chi connectivity index (χ1n) is 8.55. The molecule has 0 bridgehead atoms. The summed E-state index contributed by atoms with van der Waals surface area (Å²) in [6, 6.07) is 17.1. The van der Waals surface area contributed by atoms with Gasteiger partial charge in [0.25, 0.3) is 0 Å². The predicted octanol–water partition coefficient (Wildman–Crippen LogP) is 2.75. The highest BCUT2D eigenvalue weighted by Crippen LogP contribution is 2.25. The van der Waals surface area contributed by atoms with Gasteiger partial charge in [0, 0.05) is 24.3 Å². The van der Waals surface area contributed by atoms with Gasteiger partial charge in [-0.2, -0.15) is 0 Å². The first-order valence-corrected chi connectivity index (χ1v) is 8.55. The fourth-order valence-electron chi connectivity index (χ4n) is 3.04. The third kappa shape index (κ3) is 3.82. The fraction of sp³-hybridized carbons (Fsp3) is 0.300. The molecule has 0 unspecified atom stereocenters. The van der Waals surface area contributed by atoms with Crippen molar-refractivity contribution in [3.05, 3.63) is 60.2 Å². The number of carbonyl (C=O) groups excluding carboxylic acids is 2. The molecule has 2 aromatic rings. The van der Waals surface area contributed by atoms with E-state index in [1.165, 1.54) is 0 Å². The minimum atomic E-state index is -0.625. The van der Waals surface area contributed by atoms with Crippen LogP contribution in [0.15, 0.2) is 54.6 Å². The number of hydrogen-bond donors (Lipinski definition) is 1. The van der Waals surface area contributed by atoms with Gasteiger partial charge < -0.3 is 15.0 Å². The van der Waals surface area contributed by atoms with Crippen LogP contribution >= 0.6 is 0 Å². The van der Waals surface area contributed by atoms with Gasteiger partial charge in [-0.05, 0) is 31.5 Å². The molecule has 2 aromatic carbocycles. The van der Waals surface area contributed by atoms with Crippen LogP contribution in [0, 0.1) is 5.92 Å². The molecular weight excluding hydrogens is 316 g/mol. The van der Waals surface area contributed by atoms with Gasteiger partial charge >= 0.3 is 0 Å². The Kier molecular flexibility index (Phi) is 5.33. The maximum absolute atomic E-state index is 12.6. The van der Waals surface area contributed by atoms with Crippen molar-refractivity contribution in [3.8, 4) is 5.75 Å². The molecule has 1 saturated heterocycles. The zero-order valence-electron chi connectivity index (χ0n) is 14.3. The molecule has 1 aliphatic rings. The van der Waals surface area contributed by atoms with E-state index in [9.17, 15) is 9.59 Å². The Bertz CT molecular complexity index is 746. The molecule has 1 atom stereocenters. The predicted molar refractivity (Wildman–Crippen MR) is 96.4 cm³/mol. The molecule has 2 amide bonds. The van der Waals surface area contributed by atoms with Crippen LogP contribution in [0.2, 0.25) is 0 Å². The summed E-state index contributed by atoms with van der Waals surface area (Å²) in [5.41, 5.74) is 1.74. The maximum atomic E-state index is 12.6. The average molecular weight is 338 g/mol. The number of benzene rings is 2. The number of amides is 2. The Morgan fingerprint density at radius 1 is 1.16 bits per heavy atom. The van der Waals surface area contributed by atoms with E-state index < -0.39 is 5.92 Å². The lowest BCUT2D eigenvalue weighted by Gasteiger charge is -2.17. The summed E-state index contributed by atoms with van der Waals surface area (Å²) in [5.74, 6) is -0.232. The molecule has 5 heteroatoms. The molecule has 0 radical (unpaired) electrons. The number of nitrogens with one attached hydrogen (secondary N) is 1. The third-order valence-electron chi connectivity index (χ3n) is 4.32. The van der Waals surface area contributed by atoms with E-state index >= 15 is 0 Å². The lowest BCUT2D eigenvalue weighted by molar-refractivity contribution is -0.132. The summed E-state index contributed by atoms with van der Waals surface area (Å²) in [7, 11) is 0. The third-order valence-corrected chi connectivity index (χ3v) is 4.32. The Labute approximate surface area is 147 Å². The first kappa shape index (κ1) is 17.0. The highest BCUT2D eigenvalue weighted by atomic mass is 16.5. The summed E-state index contributed by atoms with van der Waals surface area (Å²) in [6.07, 6.45) is 0.534. The van der Waals surface area contributed by atoms with Gasteiger partial charge in [-0.25, -0.2) is 0 Å². The van der Waals surface area contributed by atoms with E-state index in [1.54, 1.807) is 4.90 Å². The maximum Gasteiger partial charge on any atom is 0.239 e. The highest BCUT2D eigenvalue weighted by Gasteiger charge is 2.37. The van der Waals surface area contributed by atoms with Gasteiger partial charge in [0.05, 0.1) is 6.61 Å². The van der Waals surface area contributed by atoms with Crippen molar-refractivity contribution in [3.63, 3.8) is 0 Å². The van der Waals surface area contributed by atoms with Gasteiger partial charge in [-0.1, -0.05) is 36.4 Å². The van der Waals surface area contributed by atoms with Gasteiger partial charge in [-0.15, -0.1) is 0 Å². The molecule has 25 heavy (non-hydrogen) atoms. The van der Waals surface area contributed by atoms with Crippen LogP contribution in [0.5, 0.6) is 5.75 Å². The summed E-state index contributed by atoms with van der Waals surface area (Å²) in [5, 5.41) is 2.88. The van der Waals surface area contributed by atoms with Crippen LogP contribution in [-0.4, -0.2) is 25.0 Å². The van der Waals surface area contributed by atoms with Crippen molar-refractivity contribution in [2.75, 3.05) is 18.1 Å². The monoisotopic (exact) mass is 338 g/mol. The molecule has 1 heterocycles. The second-order valence-corrected chi connectivity index (χ2v) is 5.93. The summed E-state index contributed by atoms with van der Waals surface area (Å²) < 4.78 is 5.56. The molecular formula is C20H22N2O3. The molecule has 5 nitrogen and oxygen atoms in total. The molecule has 0 aromatic heterocycles. The molecule has 3 rings (SSSR count). The second kappa shape index (κ2) is 7.83. The van der Waals surface area contributed by atoms with E-state index in [0.29, 0.717) is 26.1 Å². The van der Waals surface area contributed by atoms with Gasteiger partial charge in [0.2, 0.25) is 11.8 Å². The Morgan fingerprint density at radius 3 is 2.64 bits per heavy atom. The van der Waals surface area contributed by atoms with Gasteiger partial charge in [-0.3, -0.25) is 9.59 Å². The minimum absolute atomic E-state index is 0.137. The number of para-hydroxylation sites is 2. The molecule has 130 valence electrons. The van der Waals surface area contributed by atoms with E-state index in [-0.39, 0.29) is 11.8 Å². The first-order chi connectivity index (χ1) is 12.2. The average Bonchev–Trinajstić information content (AvgIpc) is 3.03. The quantitative estimate of drug-likeness (QED) is 0.824. The zero-order chi connectivity index (χ0) is 17.6. The lowest BCUT2D eigenvalue weighted by atomic mass is 10.1. The molecule has 0 saturated carbocycles. The Hall–Kier alpha value is -2.82. The standard InChI is InChI=1S/C20H22N2O3/c1-2-25-18-11-7-6-8-15(18)14-21-19(23)17-12-13-22(20(17)24)16-9-4-3-5-10-16/h3-11,17H,2,12-14H2,1H3,(H,21,23)/t17-/m0/s1. The van der Waals surface area contributed by atoms with Crippen molar-refractivity contribution < 1.29 is 14.3 Å². The number of hydrogen-bond acceptors (Lipinski definition) is 3. The Morgan fingerprint density at radius 2 is 1.88 bits per heavy atom. The number of ether oxygens (including phenoxy) is 1. The molecule has 1 N–H and O–H groups in total. The topological polar surface area (TPSA) is 58.6 Å². The van der Waals surface area contributed by atoms with Crippen LogP contribution in [-0.2, 0) is 16.1 Å². The summed E-state index contributed by atoms with van der Waals surface area (Å²) >= 11 is 0. The van der Waals surface area contributed by atoms with E-state index in [1.807, 2.05) is 61.5 Å². The van der Waals surface area contributed by atoms with Gasteiger partial charge in [0.15, 0.2) is 0 Å². The van der Waals surface area contributed by atoms with Gasteiger partial charge in [0.1, 0.15) is 11.7 Å².